The highest BCUT2D eigenvalue weighted by molar-refractivity contribution is 6.32. The fourth-order valence-electron chi connectivity index (χ4n) is 5.26. The Balaban J connectivity index is 1.53. The maximum Gasteiger partial charge on any atom is 0.266 e. The first-order chi connectivity index (χ1) is 16.5. The lowest BCUT2D eigenvalue weighted by Gasteiger charge is -2.29. The number of amides is 2. The van der Waals surface area contributed by atoms with E-state index in [-0.39, 0.29) is 11.8 Å². The Morgan fingerprint density at radius 2 is 1.62 bits per heavy atom. The molecule has 2 saturated heterocycles. The van der Waals surface area contributed by atoms with E-state index in [1.54, 1.807) is 23.3 Å². The summed E-state index contributed by atoms with van der Waals surface area (Å²) in [4.78, 5) is 38.5. The molecule has 2 fully saturated rings. The Hall–Kier alpha value is -3.61. The number of para-hydroxylation sites is 2. The van der Waals surface area contributed by atoms with Crippen LogP contribution in [0.4, 0.5) is 11.4 Å². The van der Waals surface area contributed by atoms with Crippen molar-refractivity contribution in [2.75, 3.05) is 9.96 Å². The van der Waals surface area contributed by atoms with Gasteiger partial charge in [-0.1, -0.05) is 54.1 Å². The number of aromatic amines is 1. The molecule has 0 unspecified atom stereocenters. The lowest BCUT2D eigenvalue weighted by Crippen LogP contribution is -2.37. The SMILES string of the molecule is Cc1[nH]c2ccccc2c1[C@@H]1[C@H]2C(=O)N(c3cccc(Cl)c3C)C(=O)[C@H]2ON1c1ccccc1. The zero-order valence-corrected chi connectivity index (χ0v) is 19.4. The van der Waals surface area contributed by atoms with Gasteiger partial charge < -0.3 is 4.98 Å². The Morgan fingerprint density at radius 3 is 2.41 bits per heavy atom. The Bertz CT molecular complexity index is 1450. The number of hydrogen-bond donors (Lipinski definition) is 1. The van der Waals surface area contributed by atoms with Gasteiger partial charge in [0.2, 0.25) is 5.91 Å². The number of hydrogen-bond acceptors (Lipinski definition) is 4. The quantitative estimate of drug-likeness (QED) is 0.401. The molecule has 170 valence electrons. The number of H-pyrrole nitrogens is 1. The number of nitrogens with zero attached hydrogens (tertiary/aromatic N) is 2. The molecule has 1 N–H and O–H groups in total. The van der Waals surface area contributed by atoms with Crippen molar-refractivity contribution in [2.24, 2.45) is 5.92 Å². The lowest BCUT2D eigenvalue weighted by molar-refractivity contribution is -0.126. The van der Waals surface area contributed by atoms with Crippen LogP contribution in [0.5, 0.6) is 0 Å². The topological polar surface area (TPSA) is 65.6 Å². The molecule has 34 heavy (non-hydrogen) atoms. The van der Waals surface area contributed by atoms with E-state index in [9.17, 15) is 9.59 Å². The third-order valence-corrected chi connectivity index (χ3v) is 7.25. The number of rotatable bonds is 3. The predicted molar refractivity (Wildman–Crippen MR) is 132 cm³/mol. The highest BCUT2D eigenvalue weighted by atomic mass is 35.5. The van der Waals surface area contributed by atoms with Gasteiger partial charge in [0.25, 0.3) is 5.91 Å². The van der Waals surface area contributed by atoms with E-state index in [2.05, 4.69) is 4.98 Å². The van der Waals surface area contributed by atoms with E-state index in [4.69, 9.17) is 16.4 Å². The number of anilines is 2. The summed E-state index contributed by atoms with van der Waals surface area (Å²) in [5.74, 6) is -1.36. The normalized spacial score (nSPS) is 22.1. The van der Waals surface area contributed by atoms with Crippen LogP contribution in [0.2, 0.25) is 5.02 Å². The van der Waals surface area contributed by atoms with E-state index in [0.29, 0.717) is 16.3 Å². The van der Waals surface area contributed by atoms with Crippen LogP contribution in [-0.4, -0.2) is 22.9 Å². The monoisotopic (exact) mass is 471 g/mol. The fourth-order valence-corrected chi connectivity index (χ4v) is 5.43. The van der Waals surface area contributed by atoms with Crippen molar-refractivity contribution >= 4 is 45.7 Å². The van der Waals surface area contributed by atoms with Crippen LogP contribution in [0.3, 0.4) is 0 Å². The molecule has 7 heteroatoms. The average molecular weight is 472 g/mol. The van der Waals surface area contributed by atoms with Gasteiger partial charge in [-0.3, -0.25) is 14.4 Å². The number of carbonyl (C=O) groups excluding carboxylic acids is 2. The molecule has 6 nitrogen and oxygen atoms in total. The highest BCUT2D eigenvalue weighted by Gasteiger charge is 2.61. The second-order valence-electron chi connectivity index (χ2n) is 8.76. The van der Waals surface area contributed by atoms with Gasteiger partial charge in [-0.2, -0.15) is 0 Å². The van der Waals surface area contributed by atoms with E-state index < -0.39 is 18.1 Å². The molecule has 3 aromatic carbocycles. The Morgan fingerprint density at radius 1 is 0.882 bits per heavy atom. The van der Waals surface area contributed by atoms with Gasteiger partial charge in [0, 0.05) is 27.2 Å². The largest absolute Gasteiger partial charge is 0.358 e. The third-order valence-electron chi connectivity index (χ3n) is 6.85. The second kappa shape index (κ2) is 7.72. The van der Waals surface area contributed by atoms with Crippen molar-refractivity contribution in [1.29, 1.82) is 0 Å². The zero-order valence-electron chi connectivity index (χ0n) is 18.7. The minimum atomic E-state index is -0.927. The van der Waals surface area contributed by atoms with Crippen LogP contribution >= 0.6 is 11.6 Å². The summed E-state index contributed by atoms with van der Waals surface area (Å²) < 4.78 is 0. The van der Waals surface area contributed by atoms with Gasteiger partial charge >= 0.3 is 0 Å². The van der Waals surface area contributed by atoms with Gasteiger partial charge in [0.15, 0.2) is 6.10 Å². The summed E-state index contributed by atoms with van der Waals surface area (Å²) in [5.41, 5.74) is 4.85. The van der Waals surface area contributed by atoms with Crippen LogP contribution in [0.25, 0.3) is 10.9 Å². The maximum atomic E-state index is 13.9. The summed E-state index contributed by atoms with van der Waals surface area (Å²) in [6, 6.07) is 22.3. The first-order valence-corrected chi connectivity index (χ1v) is 11.6. The average Bonchev–Trinajstić information content (AvgIpc) is 3.46. The van der Waals surface area contributed by atoms with Gasteiger partial charge in [0.1, 0.15) is 5.92 Å². The maximum absolute atomic E-state index is 13.9. The van der Waals surface area contributed by atoms with E-state index in [0.717, 1.165) is 27.8 Å². The summed E-state index contributed by atoms with van der Waals surface area (Å²) in [6.07, 6.45) is -0.927. The van der Waals surface area contributed by atoms with Crippen molar-refractivity contribution < 1.29 is 14.4 Å². The van der Waals surface area contributed by atoms with E-state index >= 15 is 0 Å². The molecule has 4 aromatic rings. The molecule has 3 atom stereocenters. The number of halogens is 1. The molecule has 0 saturated carbocycles. The number of carbonyl (C=O) groups is 2. The molecule has 6 rings (SSSR count). The minimum Gasteiger partial charge on any atom is -0.358 e. The molecular formula is C27H22ClN3O3. The number of aromatic nitrogens is 1. The molecule has 0 bridgehead atoms. The lowest BCUT2D eigenvalue weighted by atomic mass is 9.89. The molecule has 3 heterocycles. The number of fused-ring (bicyclic) bond motifs is 2. The summed E-state index contributed by atoms with van der Waals surface area (Å²) in [7, 11) is 0. The second-order valence-corrected chi connectivity index (χ2v) is 9.17. The first kappa shape index (κ1) is 21.0. The standard InChI is InChI=1S/C27H22ClN3O3/c1-15-19(28)12-8-14-21(15)30-26(32)23-24(22-16(2)29-20-13-7-6-11-18(20)22)31(34-25(23)27(30)33)17-9-4-3-5-10-17/h3-14,23-25,29H,1-2H3/t23-,24-,25+/m1/s1. The van der Waals surface area contributed by atoms with Crippen molar-refractivity contribution in [3.05, 3.63) is 94.6 Å². The van der Waals surface area contributed by atoms with Crippen LogP contribution in [0.1, 0.15) is 22.9 Å². The number of benzene rings is 3. The van der Waals surface area contributed by atoms with Gasteiger partial charge in [-0.05, 0) is 49.7 Å². The number of nitrogens with one attached hydrogen (secondary N) is 1. The Kier molecular flexibility index (Phi) is 4.76. The van der Waals surface area contributed by atoms with Crippen molar-refractivity contribution in [3.8, 4) is 0 Å². The number of hydroxylamine groups is 1. The first-order valence-electron chi connectivity index (χ1n) is 11.2. The highest BCUT2D eigenvalue weighted by Crippen LogP contribution is 2.50. The molecule has 1 aromatic heterocycles. The summed E-state index contributed by atoms with van der Waals surface area (Å²) in [6.45, 7) is 3.80. The molecule has 0 spiro atoms. The smallest absolute Gasteiger partial charge is 0.266 e. The van der Waals surface area contributed by atoms with E-state index in [1.807, 2.05) is 68.4 Å². The van der Waals surface area contributed by atoms with Crippen LogP contribution in [0.15, 0.2) is 72.8 Å². The summed E-state index contributed by atoms with van der Waals surface area (Å²) >= 11 is 6.31. The van der Waals surface area contributed by atoms with E-state index in [1.165, 1.54) is 4.90 Å². The molecule has 0 radical (unpaired) electrons. The molecule has 2 amide bonds. The van der Waals surface area contributed by atoms with Crippen molar-refractivity contribution in [3.63, 3.8) is 0 Å². The van der Waals surface area contributed by atoms with Gasteiger partial charge in [-0.25, -0.2) is 9.96 Å². The number of imide groups is 1. The van der Waals surface area contributed by atoms with Crippen LogP contribution < -0.4 is 9.96 Å². The predicted octanol–water partition coefficient (Wildman–Crippen LogP) is 5.49. The molecule has 2 aliphatic heterocycles. The van der Waals surface area contributed by atoms with Crippen LogP contribution in [0, 0.1) is 19.8 Å². The minimum absolute atomic E-state index is 0.284. The fraction of sp³-hybridized carbons (Fsp3) is 0.185. The Labute approximate surface area is 201 Å². The molecular weight excluding hydrogens is 450 g/mol. The number of aryl methyl sites for hydroxylation is 1. The van der Waals surface area contributed by atoms with Gasteiger partial charge in [0.05, 0.1) is 17.4 Å². The van der Waals surface area contributed by atoms with Gasteiger partial charge in [-0.15, -0.1) is 0 Å². The molecule has 2 aliphatic rings. The zero-order chi connectivity index (χ0) is 23.6. The third kappa shape index (κ3) is 2.92. The van der Waals surface area contributed by atoms with Crippen molar-refractivity contribution in [2.45, 2.75) is 26.0 Å². The van der Waals surface area contributed by atoms with Crippen molar-refractivity contribution in [1.82, 2.24) is 4.98 Å². The van der Waals surface area contributed by atoms with Crippen LogP contribution in [-0.2, 0) is 14.4 Å². The molecule has 0 aliphatic carbocycles. The summed E-state index contributed by atoms with van der Waals surface area (Å²) in [5, 5.41) is 3.24.